The quantitative estimate of drug-likeness (QED) is 0.359. The van der Waals surface area contributed by atoms with Crippen LogP contribution in [0.5, 0.6) is 5.75 Å². The molecule has 1 atom stereocenters. The van der Waals surface area contributed by atoms with E-state index in [1.165, 1.54) is 17.7 Å². The fraction of sp³-hybridized carbons (Fsp3) is 0.462. The largest absolute Gasteiger partial charge is 0.493 e. The third-order valence-corrected chi connectivity index (χ3v) is 7.95. The summed E-state index contributed by atoms with van der Waals surface area (Å²) in [5.74, 6) is 0.903. The van der Waals surface area contributed by atoms with Gasteiger partial charge >= 0.3 is 0 Å². The molecule has 2 aliphatic rings. The number of ether oxygens (including phenoxy) is 1. The predicted octanol–water partition coefficient (Wildman–Crippen LogP) is 4.23. The summed E-state index contributed by atoms with van der Waals surface area (Å²) in [5.41, 5.74) is 2.78. The number of benzene rings is 2. The minimum Gasteiger partial charge on any atom is -0.493 e. The zero-order valence-electron chi connectivity index (χ0n) is 19.7. The Balaban J connectivity index is 1.22. The van der Waals surface area contributed by atoms with Gasteiger partial charge in [-0.1, -0.05) is 30.7 Å². The van der Waals surface area contributed by atoms with Gasteiger partial charge in [0.15, 0.2) is 0 Å². The van der Waals surface area contributed by atoms with Crippen LogP contribution < -0.4 is 9.46 Å². The highest BCUT2D eigenvalue weighted by Crippen LogP contribution is 2.31. The molecular formula is C26H32N2O5S. The van der Waals surface area contributed by atoms with Crippen LogP contribution in [0.25, 0.3) is 0 Å². The van der Waals surface area contributed by atoms with Gasteiger partial charge < -0.3 is 4.74 Å². The van der Waals surface area contributed by atoms with Gasteiger partial charge in [-0.15, -0.1) is 0 Å². The normalized spacial score (nSPS) is 16.6. The van der Waals surface area contributed by atoms with Crippen LogP contribution in [0.1, 0.15) is 76.9 Å². The number of amides is 2. The van der Waals surface area contributed by atoms with E-state index in [9.17, 15) is 18.0 Å². The van der Waals surface area contributed by atoms with Crippen LogP contribution in [-0.4, -0.2) is 44.0 Å². The summed E-state index contributed by atoms with van der Waals surface area (Å²) in [4.78, 5) is 26.0. The average Bonchev–Trinajstić information content (AvgIpc) is 3.60. The zero-order chi connectivity index (χ0) is 24.3. The molecule has 1 unspecified atom stereocenters. The van der Waals surface area contributed by atoms with Crippen LogP contribution >= 0.6 is 0 Å². The van der Waals surface area contributed by atoms with Gasteiger partial charge in [0.1, 0.15) is 5.75 Å². The van der Waals surface area contributed by atoms with E-state index in [2.05, 4.69) is 4.72 Å². The number of carbonyl (C=O) groups is 2. The van der Waals surface area contributed by atoms with Gasteiger partial charge in [-0.2, -0.15) is 0 Å². The number of fused-ring (bicyclic) bond motifs is 1. The Hall–Kier alpha value is -2.71. The number of nitrogens with one attached hydrogen (secondary N) is 1. The summed E-state index contributed by atoms with van der Waals surface area (Å²) >= 11 is 0. The minimum absolute atomic E-state index is 0.00361. The lowest BCUT2D eigenvalue weighted by Crippen LogP contribution is -2.31. The van der Waals surface area contributed by atoms with Crippen molar-refractivity contribution in [3.63, 3.8) is 0 Å². The Morgan fingerprint density at radius 3 is 2.35 bits per heavy atom. The van der Waals surface area contributed by atoms with Crippen molar-refractivity contribution in [2.24, 2.45) is 5.92 Å². The van der Waals surface area contributed by atoms with Gasteiger partial charge in [-0.05, 0) is 74.8 Å². The fourth-order valence-electron chi connectivity index (χ4n) is 4.11. The fourth-order valence-corrected chi connectivity index (χ4v) is 5.49. The summed E-state index contributed by atoms with van der Waals surface area (Å²) < 4.78 is 33.9. The molecule has 2 aromatic carbocycles. The van der Waals surface area contributed by atoms with Crippen molar-refractivity contribution in [3.8, 4) is 5.75 Å². The first-order chi connectivity index (χ1) is 16.2. The van der Waals surface area contributed by atoms with Crippen molar-refractivity contribution in [2.75, 3.05) is 18.9 Å². The number of hydrogen-bond acceptors (Lipinski definition) is 5. The summed E-state index contributed by atoms with van der Waals surface area (Å²) in [6.45, 7) is 4.83. The summed E-state index contributed by atoms with van der Waals surface area (Å²) in [6, 6.07) is 12.2. The molecule has 7 nitrogen and oxygen atoms in total. The summed E-state index contributed by atoms with van der Waals surface area (Å²) in [6.07, 6.45) is 4.05. The van der Waals surface area contributed by atoms with Crippen molar-refractivity contribution < 1.29 is 22.7 Å². The molecule has 0 spiro atoms. The molecule has 34 heavy (non-hydrogen) atoms. The molecule has 1 heterocycles. The Kier molecular flexibility index (Phi) is 7.38. The third-order valence-electron chi connectivity index (χ3n) is 6.41. The number of unbranched alkanes of at least 4 members (excludes halogenated alkanes) is 2. The highest BCUT2D eigenvalue weighted by Gasteiger charge is 2.34. The highest BCUT2D eigenvalue weighted by atomic mass is 32.2. The van der Waals surface area contributed by atoms with Crippen molar-refractivity contribution in [2.45, 2.75) is 52.0 Å². The Bertz CT molecular complexity index is 1140. The van der Waals surface area contributed by atoms with E-state index in [4.69, 9.17) is 4.74 Å². The molecule has 0 aromatic heterocycles. The lowest BCUT2D eigenvalue weighted by Gasteiger charge is -2.17. The Morgan fingerprint density at radius 1 is 1.03 bits per heavy atom. The van der Waals surface area contributed by atoms with E-state index in [0.717, 1.165) is 16.9 Å². The first kappa shape index (κ1) is 24.4. The number of carbonyl (C=O) groups excluding carboxylic acids is 2. The van der Waals surface area contributed by atoms with Gasteiger partial charge in [-0.3, -0.25) is 14.5 Å². The van der Waals surface area contributed by atoms with Crippen LogP contribution in [0.2, 0.25) is 0 Å². The van der Waals surface area contributed by atoms with E-state index in [-0.39, 0.29) is 23.6 Å². The van der Waals surface area contributed by atoms with Crippen LogP contribution in [0, 0.1) is 12.8 Å². The van der Waals surface area contributed by atoms with E-state index < -0.39 is 10.0 Å². The van der Waals surface area contributed by atoms with Crippen LogP contribution in [0.3, 0.4) is 0 Å². The van der Waals surface area contributed by atoms with E-state index >= 15 is 0 Å². The first-order valence-corrected chi connectivity index (χ1v) is 13.6. The maximum atomic E-state index is 12.6. The molecule has 182 valence electrons. The van der Waals surface area contributed by atoms with Gasteiger partial charge in [0.25, 0.3) is 11.8 Å². The first-order valence-electron chi connectivity index (χ1n) is 11.9. The van der Waals surface area contributed by atoms with Gasteiger partial charge in [0, 0.05) is 12.6 Å². The molecule has 8 heteroatoms. The van der Waals surface area contributed by atoms with Crippen molar-refractivity contribution in [3.05, 3.63) is 64.7 Å². The van der Waals surface area contributed by atoms with Crippen LogP contribution in [0.4, 0.5) is 0 Å². The third kappa shape index (κ3) is 5.85. The average molecular weight is 485 g/mol. The molecule has 1 saturated carbocycles. The van der Waals surface area contributed by atoms with Gasteiger partial charge in [0.2, 0.25) is 10.0 Å². The molecule has 4 rings (SSSR count). The van der Waals surface area contributed by atoms with Crippen molar-refractivity contribution >= 4 is 21.8 Å². The van der Waals surface area contributed by atoms with Gasteiger partial charge in [0.05, 0.1) is 23.5 Å². The number of nitrogens with zero attached hydrogens (tertiary/aromatic N) is 1. The van der Waals surface area contributed by atoms with Crippen molar-refractivity contribution in [1.82, 2.24) is 9.62 Å². The summed E-state index contributed by atoms with van der Waals surface area (Å²) in [5, 5.41) is 0. The highest BCUT2D eigenvalue weighted by molar-refractivity contribution is 7.89. The lowest BCUT2D eigenvalue weighted by molar-refractivity contribution is 0.0651. The van der Waals surface area contributed by atoms with E-state index in [0.29, 0.717) is 49.5 Å². The molecule has 1 N–H and O–H groups in total. The number of hydrogen-bond donors (Lipinski definition) is 1. The monoisotopic (exact) mass is 484 g/mol. The zero-order valence-corrected chi connectivity index (χ0v) is 20.6. The molecule has 0 saturated heterocycles. The maximum Gasteiger partial charge on any atom is 0.261 e. The van der Waals surface area contributed by atoms with Gasteiger partial charge in [-0.25, -0.2) is 13.1 Å². The number of rotatable bonds is 12. The minimum atomic E-state index is -3.47. The Labute approximate surface area is 201 Å². The standard InChI is InChI=1S/C26H32N2O5S/c1-18-10-13-21(16-24(18)33-17-20-11-12-20)19(2)27-34(31,32)15-7-3-6-14-28-25(29)22-8-4-5-9-23(22)26(28)30/h4-5,8-10,13,16,19-20,27H,3,6-7,11-12,14-15,17H2,1-2H3. The topological polar surface area (TPSA) is 92.8 Å². The molecule has 1 aliphatic heterocycles. The second kappa shape index (κ2) is 10.3. The number of imide groups is 1. The second-order valence-electron chi connectivity index (χ2n) is 9.31. The molecule has 0 bridgehead atoms. The van der Waals surface area contributed by atoms with Crippen LogP contribution in [-0.2, 0) is 10.0 Å². The number of sulfonamides is 1. The van der Waals surface area contributed by atoms with E-state index in [1.54, 1.807) is 24.3 Å². The molecule has 2 amide bonds. The molecule has 2 aromatic rings. The second-order valence-corrected chi connectivity index (χ2v) is 11.2. The molecule has 1 fully saturated rings. The van der Waals surface area contributed by atoms with Crippen LogP contribution in [0.15, 0.2) is 42.5 Å². The molecule has 0 radical (unpaired) electrons. The maximum absolute atomic E-state index is 12.6. The predicted molar refractivity (Wildman–Crippen MR) is 130 cm³/mol. The van der Waals surface area contributed by atoms with E-state index in [1.807, 2.05) is 32.0 Å². The summed E-state index contributed by atoms with van der Waals surface area (Å²) in [7, 11) is -3.47. The smallest absolute Gasteiger partial charge is 0.261 e. The van der Waals surface area contributed by atoms with Crippen molar-refractivity contribution in [1.29, 1.82) is 0 Å². The SMILES string of the molecule is Cc1ccc(C(C)NS(=O)(=O)CCCCCN2C(=O)c3ccccc3C2=O)cc1OCC1CC1. The Morgan fingerprint density at radius 2 is 1.71 bits per heavy atom. The number of aryl methyl sites for hydroxylation is 1. The lowest BCUT2D eigenvalue weighted by atomic mass is 10.1. The molecule has 1 aliphatic carbocycles. The molecular weight excluding hydrogens is 452 g/mol.